The molecule has 4 heterocycles. The second-order valence-electron chi connectivity index (χ2n) is 6.09. The van der Waals surface area contributed by atoms with Gasteiger partial charge in [0, 0.05) is 31.1 Å². The summed E-state index contributed by atoms with van der Waals surface area (Å²) < 4.78 is 3.95. The standard InChI is InChI=1S/C16H20N6/c1-12-4-5-16-18-14(9-21(16)8-12)10-22-11-15(19-20-22)13-3-2-6-17-7-13/h4-5,8-9,11,13,17H,2-3,6-7,10H2,1H3/t13-/m0/s1. The number of aromatic nitrogens is 5. The van der Waals surface area contributed by atoms with Crippen LogP contribution in [-0.2, 0) is 6.54 Å². The van der Waals surface area contributed by atoms with E-state index in [1.165, 1.54) is 18.4 Å². The smallest absolute Gasteiger partial charge is 0.137 e. The quantitative estimate of drug-likeness (QED) is 0.800. The van der Waals surface area contributed by atoms with Crippen LogP contribution in [0.5, 0.6) is 0 Å². The third kappa shape index (κ3) is 2.62. The van der Waals surface area contributed by atoms with E-state index < -0.39 is 0 Å². The summed E-state index contributed by atoms with van der Waals surface area (Å²) in [5, 5.41) is 12.0. The molecule has 0 unspecified atom stereocenters. The van der Waals surface area contributed by atoms with Crippen LogP contribution in [0.15, 0.2) is 30.7 Å². The second-order valence-corrected chi connectivity index (χ2v) is 6.09. The molecule has 0 bridgehead atoms. The Morgan fingerprint density at radius 1 is 1.27 bits per heavy atom. The van der Waals surface area contributed by atoms with Crippen LogP contribution in [0, 0.1) is 6.92 Å². The summed E-state index contributed by atoms with van der Waals surface area (Å²) in [5.74, 6) is 0.492. The van der Waals surface area contributed by atoms with Crippen molar-refractivity contribution < 1.29 is 0 Å². The fourth-order valence-corrected chi connectivity index (χ4v) is 3.08. The predicted molar refractivity (Wildman–Crippen MR) is 83.9 cm³/mol. The summed E-state index contributed by atoms with van der Waals surface area (Å²) in [6.45, 7) is 4.87. The molecule has 1 aliphatic heterocycles. The Bertz CT molecular complexity index is 781. The highest BCUT2D eigenvalue weighted by Gasteiger charge is 2.18. The summed E-state index contributed by atoms with van der Waals surface area (Å²) >= 11 is 0. The molecule has 1 aliphatic rings. The fourth-order valence-electron chi connectivity index (χ4n) is 3.08. The molecule has 0 amide bonds. The lowest BCUT2D eigenvalue weighted by Gasteiger charge is -2.20. The first-order valence-corrected chi connectivity index (χ1v) is 7.83. The van der Waals surface area contributed by atoms with E-state index in [2.05, 4.69) is 56.6 Å². The maximum absolute atomic E-state index is 4.63. The van der Waals surface area contributed by atoms with E-state index in [1.54, 1.807) is 0 Å². The summed E-state index contributed by atoms with van der Waals surface area (Å²) in [7, 11) is 0. The number of nitrogens with one attached hydrogen (secondary N) is 1. The lowest BCUT2D eigenvalue weighted by Crippen LogP contribution is -2.28. The van der Waals surface area contributed by atoms with E-state index in [4.69, 9.17) is 0 Å². The zero-order valence-corrected chi connectivity index (χ0v) is 12.7. The highest BCUT2D eigenvalue weighted by atomic mass is 15.4. The van der Waals surface area contributed by atoms with Crippen molar-refractivity contribution in [1.82, 2.24) is 29.7 Å². The number of rotatable bonds is 3. The van der Waals surface area contributed by atoms with Gasteiger partial charge in [0.15, 0.2) is 0 Å². The Labute approximate surface area is 129 Å². The van der Waals surface area contributed by atoms with Gasteiger partial charge in [0.05, 0.1) is 17.9 Å². The van der Waals surface area contributed by atoms with Crippen molar-refractivity contribution in [3.63, 3.8) is 0 Å². The molecule has 0 aromatic carbocycles. The molecule has 6 heteroatoms. The third-order valence-electron chi connectivity index (χ3n) is 4.24. The van der Waals surface area contributed by atoms with Crippen molar-refractivity contribution in [2.24, 2.45) is 0 Å². The zero-order valence-electron chi connectivity index (χ0n) is 12.7. The van der Waals surface area contributed by atoms with Crippen molar-refractivity contribution in [2.75, 3.05) is 13.1 Å². The first kappa shape index (κ1) is 13.5. The lowest BCUT2D eigenvalue weighted by atomic mass is 9.97. The van der Waals surface area contributed by atoms with Crippen LogP contribution >= 0.6 is 0 Å². The topological polar surface area (TPSA) is 60.0 Å². The summed E-state index contributed by atoms with van der Waals surface area (Å²) in [6, 6.07) is 4.12. The normalized spacial score (nSPS) is 18.9. The maximum Gasteiger partial charge on any atom is 0.137 e. The molecule has 0 saturated carbocycles. The SMILES string of the molecule is Cc1ccc2nc(Cn3cc([C@H]4CCCNC4)nn3)cn2c1. The van der Waals surface area contributed by atoms with Crippen LogP contribution in [0.2, 0.25) is 0 Å². The number of imidazole rings is 1. The van der Waals surface area contributed by atoms with E-state index >= 15 is 0 Å². The first-order valence-electron chi connectivity index (χ1n) is 7.83. The van der Waals surface area contributed by atoms with Gasteiger partial charge in [-0.3, -0.25) is 0 Å². The molecule has 1 N–H and O–H groups in total. The number of hydrogen-bond donors (Lipinski definition) is 1. The average Bonchev–Trinajstić information content (AvgIpc) is 3.14. The van der Waals surface area contributed by atoms with E-state index in [1.807, 2.05) is 10.7 Å². The van der Waals surface area contributed by atoms with Gasteiger partial charge in [-0.2, -0.15) is 0 Å². The van der Waals surface area contributed by atoms with Crippen molar-refractivity contribution in [3.8, 4) is 0 Å². The molecule has 3 aromatic rings. The van der Waals surface area contributed by atoms with Crippen LogP contribution in [0.1, 0.15) is 35.7 Å². The Balaban J connectivity index is 1.53. The monoisotopic (exact) mass is 296 g/mol. The van der Waals surface area contributed by atoms with Crippen LogP contribution < -0.4 is 5.32 Å². The average molecular weight is 296 g/mol. The van der Waals surface area contributed by atoms with Gasteiger partial charge < -0.3 is 9.72 Å². The molecule has 6 nitrogen and oxygen atoms in total. The molecule has 1 atom stereocenters. The molecule has 1 fully saturated rings. The molecule has 114 valence electrons. The molecule has 0 radical (unpaired) electrons. The summed E-state index contributed by atoms with van der Waals surface area (Å²) in [5.41, 5.74) is 4.29. The Morgan fingerprint density at radius 2 is 2.23 bits per heavy atom. The fraction of sp³-hybridized carbons (Fsp3) is 0.438. The van der Waals surface area contributed by atoms with E-state index in [0.717, 1.165) is 30.1 Å². The summed E-state index contributed by atoms with van der Waals surface area (Å²) in [4.78, 5) is 4.63. The molecular weight excluding hydrogens is 276 g/mol. The van der Waals surface area contributed by atoms with Crippen molar-refractivity contribution in [2.45, 2.75) is 32.2 Å². The van der Waals surface area contributed by atoms with Gasteiger partial charge in [-0.25, -0.2) is 9.67 Å². The van der Waals surface area contributed by atoms with Gasteiger partial charge in [-0.1, -0.05) is 11.3 Å². The number of pyridine rings is 1. The minimum absolute atomic E-state index is 0.492. The van der Waals surface area contributed by atoms with Gasteiger partial charge >= 0.3 is 0 Å². The Hall–Kier alpha value is -2.21. The van der Waals surface area contributed by atoms with E-state index in [0.29, 0.717) is 12.5 Å². The molecule has 1 saturated heterocycles. The van der Waals surface area contributed by atoms with Gasteiger partial charge in [0.1, 0.15) is 5.65 Å². The maximum atomic E-state index is 4.63. The van der Waals surface area contributed by atoms with E-state index in [9.17, 15) is 0 Å². The van der Waals surface area contributed by atoms with Crippen LogP contribution in [0.25, 0.3) is 5.65 Å². The largest absolute Gasteiger partial charge is 0.316 e. The molecule has 0 spiro atoms. The highest BCUT2D eigenvalue weighted by Crippen LogP contribution is 2.20. The van der Waals surface area contributed by atoms with Crippen LogP contribution in [0.3, 0.4) is 0 Å². The van der Waals surface area contributed by atoms with Gasteiger partial charge in [-0.05, 0) is 37.9 Å². The van der Waals surface area contributed by atoms with Gasteiger partial charge in [0.25, 0.3) is 0 Å². The number of nitrogens with zero attached hydrogens (tertiary/aromatic N) is 5. The van der Waals surface area contributed by atoms with Crippen molar-refractivity contribution in [1.29, 1.82) is 0 Å². The first-order chi connectivity index (χ1) is 10.8. The van der Waals surface area contributed by atoms with Crippen molar-refractivity contribution in [3.05, 3.63) is 47.7 Å². The van der Waals surface area contributed by atoms with Gasteiger partial charge in [0.2, 0.25) is 0 Å². The highest BCUT2D eigenvalue weighted by molar-refractivity contribution is 5.41. The second kappa shape index (κ2) is 5.53. The molecule has 0 aliphatic carbocycles. The number of piperidine rings is 1. The predicted octanol–water partition coefficient (Wildman–Crippen LogP) is 1.75. The van der Waals surface area contributed by atoms with Crippen LogP contribution in [-0.4, -0.2) is 37.5 Å². The summed E-state index contributed by atoms with van der Waals surface area (Å²) in [6.07, 6.45) is 8.62. The molecule has 4 rings (SSSR count). The van der Waals surface area contributed by atoms with Gasteiger partial charge in [-0.15, -0.1) is 5.10 Å². The Morgan fingerprint density at radius 3 is 3.09 bits per heavy atom. The molecule has 3 aromatic heterocycles. The molecule has 22 heavy (non-hydrogen) atoms. The minimum atomic E-state index is 0.492. The molecular formula is C16H20N6. The minimum Gasteiger partial charge on any atom is -0.316 e. The number of fused-ring (bicyclic) bond motifs is 1. The zero-order chi connectivity index (χ0) is 14.9. The number of hydrogen-bond acceptors (Lipinski definition) is 4. The van der Waals surface area contributed by atoms with E-state index in [-0.39, 0.29) is 0 Å². The van der Waals surface area contributed by atoms with Crippen LogP contribution in [0.4, 0.5) is 0 Å². The third-order valence-corrected chi connectivity index (χ3v) is 4.24. The lowest BCUT2D eigenvalue weighted by molar-refractivity contribution is 0.454. The van der Waals surface area contributed by atoms with Crippen molar-refractivity contribution >= 4 is 5.65 Å². The Kier molecular flexibility index (Phi) is 3.38. The number of aryl methyl sites for hydroxylation is 1.